The normalized spacial score (nSPS) is 16.0. The van der Waals surface area contributed by atoms with E-state index in [0.717, 1.165) is 38.5 Å². The van der Waals surface area contributed by atoms with E-state index in [1.165, 1.54) is 5.56 Å². The molecule has 6 heteroatoms. The molecule has 2 aromatic heterocycles. The summed E-state index contributed by atoms with van der Waals surface area (Å²) in [5.41, 5.74) is 1.23. The number of nitrogens with one attached hydrogen (secondary N) is 2. The van der Waals surface area contributed by atoms with Gasteiger partial charge in [-0.05, 0) is 17.7 Å². The zero-order valence-electron chi connectivity index (χ0n) is 11.3. The Morgan fingerprint density at radius 3 is 2.60 bits per heavy atom. The van der Waals surface area contributed by atoms with Crippen LogP contribution in [0.2, 0.25) is 0 Å². The van der Waals surface area contributed by atoms with Gasteiger partial charge in [-0.15, -0.1) is 0 Å². The third-order valence-corrected chi connectivity index (χ3v) is 3.25. The summed E-state index contributed by atoms with van der Waals surface area (Å²) >= 11 is 0. The summed E-state index contributed by atoms with van der Waals surface area (Å²) in [5, 5.41) is 6.43. The van der Waals surface area contributed by atoms with E-state index in [-0.39, 0.29) is 0 Å². The molecule has 1 aliphatic heterocycles. The molecule has 2 aromatic rings. The number of nitrogens with zero attached hydrogens (tertiary/aromatic N) is 4. The molecule has 0 aliphatic carbocycles. The second kappa shape index (κ2) is 6.40. The lowest BCUT2D eigenvalue weighted by Crippen LogP contribution is -2.42. The van der Waals surface area contributed by atoms with Crippen molar-refractivity contribution in [3.8, 4) is 0 Å². The maximum absolute atomic E-state index is 4.41. The molecule has 0 aromatic carbocycles. The van der Waals surface area contributed by atoms with E-state index in [9.17, 15) is 0 Å². The van der Waals surface area contributed by atoms with Crippen LogP contribution in [0.1, 0.15) is 5.56 Å². The number of aromatic nitrogens is 3. The van der Waals surface area contributed by atoms with Gasteiger partial charge in [0.25, 0.3) is 0 Å². The van der Waals surface area contributed by atoms with Crippen molar-refractivity contribution in [2.24, 2.45) is 0 Å². The van der Waals surface area contributed by atoms with Gasteiger partial charge < -0.3 is 10.6 Å². The summed E-state index contributed by atoms with van der Waals surface area (Å²) in [6.07, 6.45) is 5.31. The predicted octanol–water partition coefficient (Wildman–Crippen LogP) is 1.02. The minimum atomic E-state index is 0.565. The molecule has 2 N–H and O–H groups in total. The van der Waals surface area contributed by atoms with Gasteiger partial charge in [0.2, 0.25) is 5.95 Å². The molecule has 0 atom stereocenters. The Balaban J connectivity index is 1.59. The van der Waals surface area contributed by atoms with Gasteiger partial charge in [-0.1, -0.05) is 6.07 Å². The van der Waals surface area contributed by atoms with E-state index in [2.05, 4.69) is 36.6 Å². The highest BCUT2D eigenvalue weighted by Gasteiger charge is 2.09. The van der Waals surface area contributed by atoms with Crippen molar-refractivity contribution in [1.82, 2.24) is 25.2 Å². The Morgan fingerprint density at radius 1 is 1.10 bits per heavy atom. The summed E-state index contributed by atoms with van der Waals surface area (Å²) in [4.78, 5) is 15.1. The van der Waals surface area contributed by atoms with Gasteiger partial charge in [0.15, 0.2) is 0 Å². The van der Waals surface area contributed by atoms with Crippen LogP contribution in [0.25, 0.3) is 0 Å². The molecule has 0 spiro atoms. The first-order chi connectivity index (χ1) is 9.90. The topological polar surface area (TPSA) is 66.0 Å². The molecular formula is C14H18N6. The third-order valence-electron chi connectivity index (χ3n) is 3.25. The van der Waals surface area contributed by atoms with Gasteiger partial charge in [-0.3, -0.25) is 4.90 Å². The Morgan fingerprint density at radius 2 is 1.90 bits per heavy atom. The van der Waals surface area contributed by atoms with Crippen molar-refractivity contribution in [1.29, 1.82) is 0 Å². The maximum Gasteiger partial charge on any atom is 0.228 e. The van der Waals surface area contributed by atoms with Gasteiger partial charge in [0, 0.05) is 51.3 Å². The Kier molecular flexibility index (Phi) is 4.15. The third kappa shape index (κ3) is 3.49. The molecule has 0 amide bonds. The highest BCUT2D eigenvalue weighted by atomic mass is 15.2. The fraction of sp³-hybridized carbons (Fsp3) is 0.357. The zero-order valence-corrected chi connectivity index (χ0v) is 11.3. The van der Waals surface area contributed by atoms with Crippen LogP contribution in [0.4, 0.5) is 11.8 Å². The summed E-state index contributed by atoms with van der Waals surface area (Å²) in [5.74, 6) is 1.33. The van der Waals surface area contributed by atoms with Crippen molar-refractivity contribution in [3.05, 3.63) is 42.4 Å². The molecule has 1 aliphatic rings. The second-order valence-corrected chi connectivity index (χ2v) is 4.78. The fourth-order valence-electron chi connectivity index (χ4n) is 2.20. The number of piperazine rings is 1. The van der Waals surface area contributed by atoms with Crippen LogP contribution in [0, 0.1) is 0 Å². The van der Waals surface area contributed by atoms with Crippen molar-refractivity contribution < 1.29 is 0 Å². The van der Waals surface area contributed by atoms with Crippen LogP contribution in [-0.4, -0.2) is 46.0 Å². The minimum absolute atomic E-state index is 0.565. The monoisotopic (exact) mass is 270 g/mol. The van der Waals surface area contributed by atoms with Crippen molar-refractivity contribution in [3.63, 3.8) is 0 Å². The molecule has 0 radical (unpaired) electrons. The van der Waals surface area contributed by atoms with Crippen molar-refractivity contribution in [2.45, 2.75) is 6.54 Å². The minimum Gasteiger partial charge on any atom is -0.314 e. The SMILES string of the molecule is c1cnc(Nc2ccc(CN3CCNCC3)cn2)nc1. The molecule has 3 rings (SSSR count). The number of anilines is 2. The lowest BCUT2D eigenvalue weighted by Gasteiger charge is -2.27. The Labute approximate surface area is 118 Å². The van der Waals surface area contributed by atoms with E-state index in [1.54, 1.807) is 18.5 Å². The van der Waals surface area contributed by atoms with E-state index in [4.69, 9.17) is 0 Å². The molecule has 6 nitrogen and oxygen atoms in total. The Hall–Kier alpha value is -2.05. The van der Waals surface area contributed by atoms with Gasteiger partial charge in [0.1, 0.15) is 5.82 Å². The average Bonchev–Trinajstić information content (AvgIpc) is 2.51. The number of hydrogen-bond donors (Lipinski definition) is 2. The van der Waals surface area contributed by atoms with Gasteiger partial charge in [-0.2, -0.15) is 0 Å². The standard InChI is InChI=1S/C14H18N6/c1-4-16-14(17-5-1)19-13-3-2-12(10-18-13)11-20-8-6-15-7-9-20/h1-5,10,15H,6-9,11H2,(H,16,17,18,19). The van der Waals surface area contributed by atoms with E-state index in [1.807, 2.05) is 12.3 Å². The second-order valence-electron chi connectivity index (χ2n) is 4.78. The molecule has 0 unspecified atom stereocenters. The molecule has 1 fully saturated rings. The van der Waals surface area contributed by atoms with Crippen LogP contribution in [0.3, 0.4) is 0 Å². The average molecular weight is 270 g/mol. The number of rotatable bonds is 4. The van der Waals surface area contributed by atoms with Crippen LogP contribution < -0.4 is 10.6 Å². The van der Waals surface area contributed by atoms with Crippen LogP contribution in [0.15, 0.2) is 36.8 Å². The van der Waals surface area contributed by atoms with E-state index in [0.29, 0.717) is 5.95 Å². The summed E-state index contributed by atoms with van der Waals surface area (Å²) < 4.78 is 0. The van der Waals surface area contributed by atoms with E-state index >= 15 is 0 Å². The first kappa shape index (κ1) is 13.0. The smallest absolute Gasteiger partial charge is 0.228 e. The quantitative estimate of drug-likeness (QED) is 0.865. The molecule has 104 valence electrons. The first-order valence-electron chi connectivity index (χ1n) is 6.82. The van der Waals surface area contributed by atoms with Gasteiger partial charge >= 0.3 is 0 Å². The highest BCUT2D eigenvalue weighted by molar-refractivity contribution is 5.47. The van der Waals surface area contributed by atoms with Crippen molar-refractivity contribution in [2.75, 3.05) is 31.5 Å². The molecule has 1 saturated heterocycles. The predicted molar refractivity (Wildman–Crippen MR) is 77.7 cm³/mol. The van der Waals surface area contributed by atoms with Crippen LogP contribution in [0.5, 0.6) is 0 Å². The Bertz CT molecular complexity index is 521. The highest BCUT2D eigenvalue weighted by Crippen LogP contribution is 2.11. The lowest BCUT2D eigenvalue weighted by atomic mass is 10.2. The lowest BCUT2D eigenvalue weighted by molar-refractivity contribution is 0.233. The summed E-state index contributed by atoms with van der Waals surface area (Å²) in [6, 6.07) is 5.85. The molecule has 3 heterocycles. The molecular weight excluding hydrogens is 252 g/mol. The van der Waals surface area contributed by atoms with Crippen LogP contribution in [-0.2, 0) is 6.54 Å². The number of pyridine rings is 1. The van der Waals surface area contributed by atoms with Gasteiger partial charge in [0.05, 0.1) is 0 Å². The molecule has 20 heavy (non-hydrogen) atoms. The molecule has 0 saturated carbocycles. The summed E-state index contributed by atoms with van der Waals surface area (Å²) in [7, 11) is 0. The van der Waals surface area contributed by atoms with E-state index < -0.39 is 0 Å². The maximum atomic E-state index is 4.41. The largest absolute Gasteiger partial charge is 0.314 e. The number of hydrogen-bond acceptors (Lipinski definition) is 6. The molecule has 0 bridgehead atoms. The zero-order chi connectivity index (χ0) is 13.6. The summed E-state index contributed by atoms with van der Waals surface area (Å²) in [6.45, 7) is 5.28. The first-order valence-corrected chi connectivity index (χ1v) is 6.82. The van der Waals surface area contributed by atoms with Crippen LogP contribution >= 0.6 is 0 Å². The van der Waals surface area contributed by atoms with Crippen molar-refractivity contribution >= 4 is 11.8 Å². The fourth-order valence-corrected chi connectivity index (χ4v) is 2.20. The van der Waals surface area contributed by atoms with Gasteiger partial charge in [-0.25, -0.2) is 15.0 Å².